The smallest absolute Gasteiger partial charge is 0.0580 e. The zero-order valence-electron chi connectivity index (χ0n) is 9.01. The van der Waals surface area contributed by atoms with Crippen molar-refractivity contribution < 1.29 is 4.74 Å². The molecule has 0 aromatic heterocycles. The Balaban J connectivity index is 1.84. The number of nitrogens with one attached hydrogen (secondary N) is 1. The van der Waals surface area contributed by atoms with Gasteiger partial charge in [0, 0.05) is 6.61 Å². The van der Waals surface area contributed by atoms with Crippen LogP contribution >= 0.6 is 0 Å². The maximum Gasteiger partial charge on any atom is 0.0580 e. The van der Waals surface area contributed by atoms with Gasteiger partial charge in [0.2, 0.25) is 0 Å². The number of rotatable bonds is 7. The van der Waals surface area contributed by atoms with Crippen molar-refractivity contribution in [3.8, 4) is 0 Å². The molecule has 0 aromatic carbocycles. The van der Waals surface area contributed by atoms with Gasteiger partial charge in [0.25, 0.3) is 0 Å². The molecule has 1 N–H and O–H groups in total. The van der Waals surface area contributed by atoms with E-state index in [2.05, 4.69) is 19.2 Å². The average molecular weight is 185 g/mol. The summed E-state index contributed by atoms with van der Waals surface area (Å²) in [7, 11) is 0. The van der Waals surface area contributed by atoms with Crippen molar-refractivity contribution in [1.29, 1.82) is 0 Å². The lowest BCUT2D eigenvalue weighted by Gasteiger charge is -2.35. The zero-order valence-corrected chi connectivity index (χ0v) is 9.01. The second kappa shape index (κ2) is 6.39. The van der Waals surface area contributed by atoms with E-state index in [4.69, 9.17) is 4.74 Å². The molecule has 0 aromatic rings. The quantitative estimate of drug-likeness (QED) is 0.614. The van der Waals surface area contributed by atoms with Crippen molar-refractivity contribution >= 4 is 0 Å². The molecule has 2 heteroatoms. The Morgan fingerprint density at radius 3 is 2.62 bits per heavy atom. The molecule has 0 atom stereocenters. The van der Waals surface area contributed by atoms with Gasteiger partial charge in [0.15, 0.2) is 0 Å². The Kier molecular flexibility index (Phi) is 5.40. The molecule has 0 radical (unpaired) electrons. The number of hydrogen-bond acceptors (Lipinski definition) is 2. The molecule has 0 amide bonds. The first-order chi connectivity index (χ1) is 6.36. The van der Waals surface area contributed by atoms with Gasteiger partial charge in [-0.15, -0.1) is 0 Å². The fourth-order valence-electron chi connectivity index (χ4n) is 1.89. The Labute approximate surface area is 82.0 Å². The van der Waals surface area contributed by atoms with Crippen LogP contribution in [0, 0.1) is 5.92 Å². The molecule has 0 heterocycles. The van der Waals surface area contributed by atoms with E-state index >= 15 is 0 Å². The van der Waals surface area contributed by atoms with E-state index in [-0.39, 0.29) is 0 Å². The minimum atomic E-state index is 0.584. The van der Waals surface area contributed by atoms with Gasteiger partial charge in [-0.3, -0.25) is 0 Å². The van der Waals surface area contributed by atoms with Crippen LogP contribution in [-0.4, -0.2) is 25.8 Å². The van der Waals surface area contributed by atoms with Gasteiger partial charge < -0.3 is 10.1 Å². The monoisotopic (exact) mass is 185 g/mol. The molecular formula is C11H23NO. The van der Waals surface area contributed by atoms with Crippen LogP contribution in [0.25, 0.3) is 0 Å². The van der Waals surface area contributed by atoms with Gasteiger partial charge in [0.05, 0.1) is 6.10 Å². The summed E-state index contributed by atoms with van der Waals surface area (Å²) in [5, 5.41) is 3.44. The molecular weight excluding hydrogens is 162 g/mol. The molecule has 1 fully saturated rings. The van der Waals surface area contributed by atoms with Gasteiger partial charge in [-0.25, -0.2) is 0 Å². The van der Waals surface area contributed by atoms with Crippen LogP contribution < -0.4 is 5.32 Å². The molecule has 13 heavy (non-hydrogen) atoms. The summed E-state index contributed by atoms with van der Waals surface area (Å²) < 4.78 is 5.52. The molecule has 0 aliphatic heterocycles. The van der Waals surface area contributed by atoms with Gasteiger partial charge >= 0.3 is 0 Å². The van der Waals surface area contributed by atoms with E-state index in [9.17, 15) is 0 Å². The summed E-state index contributed by atoms with van der Waals surface area (Å²) in [6.45, 7) is 7.53. The Hall–Kier alpha value is -0.0800. The minimum Gasteiger partial charge on any atom is -0.378 e. The van der Waals surface area contributed by atoms with Gasteiger partial charge in [-0.05, 0) is 51.6 Å². The van der Waals surface area contributed by atoms with Crippen LogP contribution in [-0.2, 0) is 4.74 Å². The lowest BCUT2D eigenvalue weighted by molar-refractivity contribution is -0.0262. The SMILES string of the molecule is CCCNCCC1CC(OCC)C1. The molecule has 0 bridgehead atoms. The van der Waals surface area contributed by atoms with Crippen molar-refractivity contribution in [2.24, 2.45) is 5.92 Å². The van der Waals surface area contributed by atoms with E-state index in [0.717, 1.165) is 12.5 Å². The lowest BCUT2D eigenvalue weighted by atomic mass is 9.80. The Morgan fingerprint density at radius 2 is 2.00 bits per heavy atom. The largest absolute Gasteiger partial charge is 0.378 e. The number of hydrogen-bond donors (Lipinski definition) is 1. The lowest BCUT2D eigenvalue weighted by Crippen LogP contribution is -2.33. The maximum absolute atomic E-state index is 5.52. The molecule has 0 spiro atoms. The van der Waals surface area contributed by atoms with E-state index in [1.54, 1.807) is 0 Å². The fourth-order valence-corrected chi connectivity index (χ4v) is 1.89. The molecule has 0 saturated heterocycles. The maximum atomic E-state index is 5.52. The third-order valence-corrected chi connectivity index (χ3v) is 2.75. The van der Waals surface area contributed by atoms with E-state index in [1.807, 2.05) is 0 Å². The third-order valence-electron chi connectivity index (χ3n) is 2.75. The van der Waals surface area contributed by atoms with Gasteiger partial charge in [-0.2, -0.15) is 0 Å². The van der Waals surface area contributed by atoms with Crippen LogP contribution in [0.2, 0.25) is 0 Å². The summed E-state index contributed by atoms with van der Waals surface area (Å²) in [6.07, 6.45) is 5.75. The van der Waals surface area contributed by atoms with Crippen molar-refractivity contribution in [2.75, 3.05) is 19.7 Å². The highest BCUT2D eigenvalue weighted by atomic mass is 16.5. The Morgan fingerprint density at radius 1 is 1.23 bits per heavy atom. The topological polar surface area (TPSA) is 21.3 Å². The first kappa shape index (κ1) is 11.0. The molecule has 1 rings (SSSR count). The zero-order chi connectivity index (χ0) is 9.52. The van der Waals surface area contributed by atoms with Crippen molar-refractivity contribution in [3.63, 3.8) is 0 Å². The molecule has 78 valence electrons. The summed E-state index contributed by atoms with van der Waals surface area (Å²) >= 11 is 0. The van der Waals surface area contributed by atoms with Crippen LogP contribution in [0.15, 0.2) is 0 Å². The van der Waals surface area contributed by atoms with Gasteiger partial charge in [0.1, 0.15) is 0 Å². The predicted octanol–water partition coefficient (Wildman–Crippen LogP) is 2.19. The normalized spacial score (nSPS) is 27.2. The highest BCUT2D eigenvalue weighted by molar-refractivity contribution is 4.80. The first-order valence-corrected chi connectivity index (χ1v) is 5.69. The molecule has 1 saturated carbocycles. The molecule has 1 aliphatic rings. The highest BCUT2D eigenvalue weighted by Crippen LogP contribution is 2.32. The van der Waals surface area contributed by atoms with E-state index in [1.165, 1.54) is 38.8 Å². The minimum absolute atomic E-state index is 0.584. The van der Waals surface area contributed by atoms with Crippen LogP contribution in [0.5, 0.6) is 0 Å². The summed E-state index contributed by atoms with van der Waals surface area (Å²) in [5.74, 6) is 0.931. The second-order valence-corrected chi connectivity index (χ2v) is 3.95. The Bertz CT molecular complexity index is 121. The van der Waals surface area contributed by atoms with Crippen LogP contribution in [0.1, 0.15) is 39.5 Å². The van der Waals surface area contributed by atoms with Crippen molar-refractivity contribution in [1.82, 2.24) is 5.32 Å². The van der Waals surface area contributed by atoms with Crippen LogP contribution in [0.3, 0.4) is 0 Å². The average Bonchev–Trinajstić information content (AvgIpc) is 2.07. The first-order valence-electron chi connectivity index (χ1n) is 5.69. The summed E-state index contributed by atoms with van der Waals surface area (Å²) in [5.41, 5.74) is 0. The van der Waals surface area contributed by atoms with Crippen molar-refractivity contribution in [2.45, 2.75) is 45.6 Å². The van der Waals surface area contributed by atoms with Crippen molar-refractivity contribution in [3.05, 3.63) is 0 Å². The van der Waals surface area contributed by atoms with E-state index < -0.39 is 0 Å². The van der Waals surface area contributed by atoms with E-state index in [0.29, 0.717) is 6.10 Å². The van der Waals surface area contributed by atoms with Crippen LogP contribution in [0.4, 0.5) is 0 Å². The second-order valence-electron chi connectivity index (χ2n) is 3.95. The summed E-state index contributed by atoms with van der Waals surface area (Å²) in [4.78, 5) is 0. The fraction of sp³-hybridized carbons (Fsp3) is 1.00. The summed E-state index contributed by atoms with van der Waals surface area (Å²) in [6, 6.07) is 0. The predicted molar refractivity (Wildman–Crippen MR) is 55.9 cm³/mol. The molecule has 0 unspecified atom stereocenters. The van der Waals surface area contributed by atoms with Gasteiger partial charge in [-0.1, -0.05) is 6.92 Å². The highest BCUT2D eigenvalue weighted by Gasteiger charge is 2.28. The third kappa shape index (κ3) is 4.10. The number of ether oxygens (including phenoxy) is 1. The standard InChI is InChI=1S/C11H23NO/c1-3-6-12-7-5-10-8-11(9-10)13-4-2/h10-12H,3-9H2,1-2H3. The molecule has 2 nitrogen and oxygen atoms in total. The molecule has 1 aliphatic carbocycles.